The quantitative estimate of drug-likeness (QED) is 0.757. The molecule has 26 heavy (non-hydrogen) atoms. The van der Waals surface area contributed by atoms with Crippen molar-refractivity contribution in [1.82, 2.24) is 20.4 Å². The van der Waals surface area contributed by atoms with Crippen LogP contribution in [-0.4, -0.2) is 40.2 Å². The minimum atomic E-state index is -0.763. The number of amides is 3. The molecule has 3 rings (SSSR count). The Bertz CT molecular complexity index is 816. The minimum absolute atomic E-state index is 0.104. The fraction of sp³-hybridized carbons (Fsp3) is 0.333. The average Bonchev–Trinajstić information content (AvgIpc) is 3.07. The molecule has 1 saturated heterocycles. The predicted molar refractivity (Wildman–Crippen MR) is 93.0 cm³/mol. The highest BCUT2D eigenvalue weighted by molar-refractivity contribution is 6.03. The highest BCUT2D eigenvalue weighted by Gasteiger charge is 2.30. The van der Waals surface area contributed by atoms with E-state index in [4.69, 9.17) is 4.74 Å². The Kier molecular flexibility index (Phi) is 5.31. The van der Waals surface area contributed by atoms with Crippen LogP contribution in [0.5, 0.6) is 5.75 Å². The van der Waals surface area contributed by atoms with Crippen molar-refractivity contribution in [2.75, 3.05) is 6.61 Å². The van der Waals surface area contributed by atoms with E-state index in [1.54, 1.807) is 10.9 Å². The van der Waals surface area contributed by atoms with Gasteiger partial charge in [-0.3, -0.25) is 19.7 Å². The maximum absolute atomic E-state index is 12.6. The molecular weight excluding hydrogens is 336 g/mol. The van der Waals surface area contributed by atoms with Crippen LogP contribution >= 0.6 is 0 Å². The lowest BCUT2D eigenvalue weighted by molar-refractivity contribution is -0.134. The zero-order valence-corrected chi connectivity index (χ0v) is 14.4. The molecule has 1 unspecified atom stereocenters. The lowest BCUT2D eigenvalue weighted by atomic mass is 10.1. The number of imide groups is 1. The van der Waals surface area contributed by atoms with Gasteiger partial charge in [-0.25, -0.2) is 4.68 Å². The van der Waals surface area contributed by atoms with Crippen molar-refractivity contribution in [3.63, 3.8) is 0 Å². The van der Waals surface area contributed by atoms with E-state index in [9.17, 15) is 14.4 Å². The highest BCUT2D eigenvalue weighted by Crippen LogP contribution is 2.21. The average molecular weight is 356 g/mol. The molecule has 136 valence electrons. The second-order valence-electron chi connectivity index (χ2n) is 5.95. The zero-order valence-electron chi connectivity index (χ0n) is 14.4. The number of carbonyl (C=O) groups is 3. The highest BCUT2D eigenvalue weighted by atomic mass is 16.5. The number of para-hydroxylation sites is 1. The third kappa shape index (κ3) is 3.90. The number of hydrogen-bond donors (Lipinski definition) is 2. The van der Waals surface area contributed by atoms with Gasteiger partial charge in [0.15, 0.2) is 11.4 Å². The first-order valence-electron chi connectivity index (χ1n) is 8.51. The van der Waals surface area contributed by atoms with Crippen LogP contribution in [0, 0.1) is 0 Å². The van der Waals surface area contributed by atoms with Crippen LogP contribution in [0.15, 0.2) is 36.5 Å². The van der Waals surface area contributed by atoms with Gasteiger partial charge in [0.1, 0.15) is 6.04 Å². The van der Waals surface area contributed by atoms with Gasteiger partial charge in [0.2, 0.25) is 11.8 Å². The molecule has 1 fully saturated rings. The number of ether oxygens (including phenoxy) is 1. The van der Waals surface area contributed by atoms with E-state index in [1.165, 1.54) is 0 Å². The molecular formula is C18H20N4O4. The van der Waals surface area contributed by atoms with E-state index in [1.807, 2.05) is 37.3 Å². The summed E-state index contributed by atoms with van der Waals surface area (Å²) in [5.41, 5.74) is 0.890. The van der Waals surface area contributed by atoms with Gasteiger partial charge in [0.05, 0.1) is 18.5 Å². The summed E-state index contributed by atoms with van der Waals surface area (Å²) in [6.07, 6.45) is 2.88. The Labute approximate surface area is 150 Å². The van der Waals surface area contributed by atoms with Gasteiger partial charge >= 0.3 is 0 Å². The molecule has 8 nitrogen and oxygen atoms in total. The molecule has 3 amide bonds. The van der Waals surface area contributed by atoms with Crippen molar-refractivity contribution in [2.45, 2.75) is 32.2 Å². The first-order valence-corrected chi connectivity index (χ1v) is 8.51. The van der Waals surface area contributed by atoms with Crippen LogP contribution in [0.1, 0.15) is 36.7 Å². The minimum Gasteiger partial charge on any atom is -0.489 e. The summed E-state index contributed by atoms with van der Waals surface area (Å²) >= 11 is 0. The fourth-order valence-corrected chi connectivity index (χ4v) is 2.60. The molecule has 0 saturated carbocycles. The Hall–Kier alpha value is -3.16. The first-order chi connectivity index (χ1) is 12.6. The smallest absolute Gasteiger partial charge is 0.276 e. The molecule has 2 aromatic rings. The van der Waals surface area contributed by atoms with Crippen molar-refractivity contribution in [3.8, 4) is 11.4 Å². The lowest BCUT2D eigenvalue weighted by Crippen LogP contribution is -2.52. The fourth-order valence-electron chi connectivity index (χ4n) is 2.60. The van der Waals surface area contributed by atoms with E-state index in [2.05, 4.69) is 15.7 Å². The SMILES string of the molecule is CCCOc1cn(-c2ccccc2)nc1C(=O)NC1CCC(=O)NC1=O. The molecule has 2 heterocycles. The predicted octanol–water partition coefficient (Wildman–Crippen LogP) is 1.20. The van der Waals surface area contributed by atoms with Gasteiger partial charge in [-0.05, 0) is 25.0 Å². The topological polar surface area (TPSA) is 102 Å². The second-order valence-corrected chi connectivity index (χ2v) is 5.95. The zero-order chi connectivity index (χ0) is 18.5. The molecule has 2 N–H and O–H groups in total. The number of nitrogens with one attached hydrogen (secondary N) is 2. The number of rotatable bonds is 6. The normalized spacial score (nSPS) is 16.9. The Morgan fingerprint density at radius 3 is 2.81 bits per heavy atom. The maximum atomic E-state index is 12.6. The molecule has 1 aromatic heterocycles. The molecule has 1 atom stereocenters. The third-order valence-corrected chi connectivity index (χ3v) is 3.92. The summed E-state index contributed by atoms with van der Waals surface area (Å²) in [7, 11) is 0. The monoisotopic (exact) mass is 356 g/mol. The summed E-state index contributed by atoms with van der Waals surface area (Å²) in [6.45, 7) is 2.41. The van der Waals surface area contributed by atoms with Gasteiger partial charge in [-0.2, -0.15) is 5.10 Å². The number of piperidine rings is 1. The molecule has 1 aliphatic rings. The van der Waals surface area contributed by atoms with Gasteiger partial charge in [-0.1, -0.05) is 25.1 Å². The maximum Gasteiger partial charge on any atom is 0.276 e. The van der Waals surface area contributed by atoms with Crippen LogP contribution in [0.3, 0.4) is 0 Å². The molecule has 1 aromatic carbocycles. The van der Waals surface area contributed by atoms with Gasteiger partial charge in [-0.15, -0.1) is 0 Å². The summed E-state index contributed by atoms with van der Waals surface area (Å²) in [5, 5.41) is 9.16. The standard InChI is InChI=1S/C18H20N4O4/c1-2-10-26-14-11-22(12-6-4-3-5-7-12)21-16(14)18(25)19-13-8-9-15(23)20-17(13)24/h3-7,11,13H,2,8-10H2,1H3,(H,19,25)(H,20,23,24). The summed E-state index contributed by atoms with van der Waals surface area (Å²) in [5.74, 6) is -1.00. The largest absolute Gasteiger partial charge is 0.489 e. The second kappa shape index (κ2) is 7.81. The number of aromatic nitrogens is 2. The first kappa shape index (κ1) is 17.7. The van der Waals surface area contributed by atoms with E-state index >= 15 is 0 Å². The summed E-state index contributed by atoms with van der Waals surface area (Å²) < 4.78 is 7.20. The van der Waals surface area contributed by atoms with Crippen molar-refractivity contribution in [3.05, 3.63) is 42.2 Å². The summed E-state index contributed by atoms with van der Waals surface area (Å²) in [6, 6.07) is 8.58. The van der Waals surface area contributed by atoms with Crippen molar-refractivity contribution in [2.24, 2.45) is 0 Å². The van der Waals surface area contributed by atoms with E-state index < -0.39 is 17.9 Å². The number of benzene rings is 1. The van der Waals surface area contributed by atoms with Crippen LogP contribution in [0.4, 0.5) is 0 Å². The number of hydrogen-bond acceptors (Lipinski definition) is 5. The Morgan fingerprint density at radius 1 is 1.35 bits per heavy atom. The molecule has 0 radical (unpaired) electrons. The number of carbonyl (C=O) groups excluding carboxylic acids is 3. The van der Waals surface area contributed by atoms with Crippen LogP contribution in [0.2, 0.25) is 0 Å². The van der Waals surface area contributed by atoms with Crippen molar-refractivity contribution < 1.29 is 19.1 Å². The van der Waals surface area contributed by atoms with Crippen LogP contribution in [-0.2, 0) is 9.59 Å². The molecule has 1 aliphatic heterocycles. The van der Waals surface area contributed by atoms with E-state index in [0.717, 1.165) is 12.1 Å². The van der Waals surface area contributed by atoms with Crippen molar-refractivity contribution in [1.29, 1.82) is 0 Å². The molecule has 0 spiro atoms. The van der Waals surface area contributed by atoms with Crippen LogP contribution in [0.25, 0.3) is 5.69 Å². The van der Waals surface area contributed by atoms with Gasteiger partial charge < -0.3 is 10.1 Å². The lowest BCUT2D eigenvalue weighted by Gasteiger charge is -2.21. The van der Waals surface area contributed by atoms with Gasteiger partial charge in [0, 0.05) is 6.42 Å². The van der Waals surface area contributed by atoms with Crippen LogP contribution < -0.4 is 15.4 Å². The van der Waals surface area contributed by atoms with E-state index in [0.29, 0.717) is 12.4 Å². The molecule has 0 aliphatic carbocycles. The Morgan fingerprint density at radius 2 is 2.12 bits per heavy atom. The van der Waals surface area contributed by atoms with Crippen molar-refractivity contribution >= 4 is 17.7 Å². The van der Waals surface area contributed by atoms with E-state index in [-0.39, 0.29) is 24.4 Å². The Balaban J connectivity index is 1.82. The summed E-state index contributed by atoms with van der Waals surface area (Å²) in [4.78, 5) is 35.7. The molecule has 0 bridgehead atoms. The number of nitrogens with zero attached hydrogens (tertiary/aromatic N) is 2. The molecule has 8 heteroatoms. The van der Waals surface area contributed by atoms with Gasteiger partial charge in [0.25, 0.3) is 5.91 Å². The third-order valence-electron chi connectivity index (χ3n) is 3.92.